The van der Waals surface area contributed by atoms with Crippen LogP contribution in [0.5, 0.6) is 0 Å². The molecule has 1 heterocycles. The highest BCUT2D eigenvalue weighted by molar-refractivity contribution is 5.95. The summed E-state index contributed by atoms with van der Waals surface area (Å²) in [5.74, 6) is 0.332. The summed E-state index contributed by atoms with van der Waals surface area (Å²) in [5.41, 5.74) is 8.47. The highest BCUT2D eigenvalue weighted by Crippen LogP contribution is 2.24. The van der Waals surface area contributed by atoms with E-state index in [-0.39, 0.29) is 36.8 Å². The number of nitrogens with two attached hydrogens (primary N) is 1. The molecule has 1 aromatic carbocycles. The number of hydrogen-bond donors (Lipinski definition) is 2. The monoisotopic (exact) mass is 381 g/mol. The quantitative estimate of drug-likeness (QED) is 0.844. The van der Waals surface area contributed by atoms with Crippen molar-refractivity contribution in [2.45, 2.75) is 31.7 Å². The van der Waals surface area contributed by atoms with Crippen molar-refractivity contribution in [3.63, 3.8) is 0 Å². The van der Waals surface area contributed by atoms with E-state index in [0.29, 0.717) is 18.0 Å². The van der Waals surface area contributed by atoms with Crippen molar-refractivity contribution in [2.75, 3.05) is 6.54 Å². The molecule has 0 bridgehead atoms. The molecule has 3 rings (SSSR count). The fourth-order valence-electron chi connectivity index (χ4n) is 3.28. The Bertz CT molecular complexity index is 667. The van der Waals surface area contributed by atoms with E-state index < -0.39 is 0 Å². The summed E-state index contributed by atoms with van der Waals surface area (Å²) in [6, 6.07) is 12.1. The predicted molar refractivity (Wildman–Crippen MR) is 106 cm³/mol. The second-order valence-corrected chi connectivity index (χ2v) is 6.19. The van der Waals surface area contributed by atoms with E-state index >= 15 is 0 Å². The lowest BCUT2D eigenvalue weighted by atomic mass is 9.84. The van der Waals surface area contributed by atoms with Crippen molar-refractivity contribution < 1.29 is 4.79 Å². The van der Waals surface area contributed by atoms with E-state index in [2.05, 4.69) is 10.3 Å². The van der Waals surface area contributed by atoms with Crippen molar-refractivity contribution in [1.29, 1.82) is 0 Å². The number of hydrogen-bond acceptors (Lipinski definition) is 3. The van der Waals surface area contributed by atoms with Crippen molar-refractivity contribution in [2.24, 2.45) is 11.7 Å². The minimum atomic E-state index is -0.0550. The highest BCUT2D eigenvalue weighted by atomic mass is 35.5. The second kappa shape index (κ2) is 10.4. The van der Waals surface area contributed by atoms with E-state index in [1.165, 1.54) is 6.42 Å². The van der Waals surface area contributed by atoms with E-state index in [9.17, 15) is 4.79 Å². The Labute approximate surface area is 161 Å². The molecule has 2 atom stereocenters. The SMILES string of the molecule is Cl.Cl.NCC1CCCCC1NC(=O)c1cncc(-c2ccccc2)c1. The third-order valence-electron chi connectivity index (χ3n) is 4.64. The number of nitrogens with zero attached hydrogens (tertiary/aromatic N) is 1. The van der Waals surface area contributed by atoms with Crippen molar-refractivity contribution in [3.8, 4) is 11.1 Å². The Hall–Kier alpha value is -1.62. The first kappa shape index (κ1) is 21.4. The van der Waals surface area contributed by atoms with Gasteiger partial charge in [-0.05, 0) is 36.9 Å². The van der Waals surface area contributed by atoms with Gasteiger partial charge in [-0.1, -0.05) is 43.2 Å². The molecule has 0 aliphatic heterocycles. The number of aromatic nitrogens is 1. The molecule has 4 nitrogen and oxygen atoms in total. The Morgan fingerprint density at radius 3 is 2.52 bits per heavy atom. The average molecular weight is 382 g/mol. The van der Waals surface area contributed by atoms with Gasteiger partial charge in [0.2, 0.25) is 0 Å². The molecule has 25 heavy (non-hydrogen) atoms. The maximum absolute atomic E-state index is 12.6. The lowest BCUT2D eigenvalue weighted by Gasteiger charge is -2.31. The summed E-state index contributed by atoms with van der Waals surface area (Å²) in [7, 11) is 0. The minimum absolute atomic E-state index is 0. The topological polar surface area (TPSA) is 68.0 Å². The summed E-state index contributed by atoms with van der Waals surface area (Å²) in [6.07, 6.45) is 7.89. The predicted octanol–water partition coefficient (Wildman–Crippen LogP) is 3.84. The van der Waals surface area contributed by atoms with Gasteiger partial charge in [-0.3, -0.25) is 9.78 Å². The molecule has 2 aromatic rings. The molecular weight excluding hydrogens is 357 g/mol. The van der Waals surface area contributed by atoms with Crippen LogP contribution in [0.1, 0.15) is 36.0 Å². The van der Waals surface area contributed by atoms with Crippen LogP contribution >= 0.6 is 24.8 Å². The van der Waals surface area contributed by atoms with Crippen LogP contribution in [0.15, 0.2) is 48.8 Å². The fraction of sp³-hybridized carbons (Fsp3) is 0.368. The van der Waals surface area contributed by atoms with Gasteiger partial charge in [0, 0.05) is 24.0 Å². The normalized spacial score (nSPS) is 19.2. The first-order chi connectivity index (χ1) is 11.3. The van der Waals surface area contributed by atoms with E-state index in [1.807, 2.05) is 36.4 Å². The zero-order chi connectivity index (χ0) is 16.1. The number of benzene rings is 1. The van der Waals surface area contributed by atoms with Crippen LogP contribution in [0.25, 0.3) is 11.1 Å². The lowest BCUT2D eigenvalue weighted by molar-refractivity contribution is 0.0907. The van der Waals surface area contributed by atoms with Crippen LogP contribution in [0.4, 0.5) is 0 Å². The lowest BCUT2D eigenvalue weighted by Crippen LogP contribution is -2.44. The number of pyridine rings is 1. The Morgan fingerprint density at radius 2 is 1.80 bits per heavy atom. The van der Waals surface area contributed by atoms with Gasteiger partial charge in [0.25, 0.3) is 5.91 Å². The molecule has 0 saturated heterocycles. The summed E-state index contributed by atoms with van der Waals surface area (Å²) in [6.45, 7) is 0.632. The first-order valence-electron chi connectivity index (χ1n) is 8.29. The molecule has 3 N–H and O–H groups in total. The van der Waals surface area contributed by atoms with Crippen LogP contribution in [-0.2, 0) is 0 Å². The van der Waals surface area contributed by atoms with E-state index in [4.69, 9.17) is 5.73 Å². The Morgan fingerprint density at radius 1 is 1.08 bits per heavy atom. The summed E-state index contributed by atoms with van der Waals surface area (Å²) in [5, 5.41) is 3.16. The number of nitrogens with one attached hydrogen (secondary N) is 1. The van der Waals surface area contributed by atoms with E-state index in [0.717, 1.165) is 30.4 Å². The summed E-state index contributed by atoms with van der Waals surface area (Å²) < 4.78 is 0. The summed E-state index contributed by atoms with van der Waals surface area (Å²) in [4.78, 5) is 16.8. The third-order valence-corrected chi connectivity index (χ3v) is 4.64. The zero-order valence-electron chi connectivity index (χ0n) is 14.1. The van der Waals surface area contributed by atoms with E-state index in [1.54, 1.807) is 12.4 Å². The van der Waals surface area contributed by atoms with Gasteiger partial charge in [-0.25, -0.2) is 0 Å². The number of rotatable bonds is 4. The van der Waals surface area contributed by atoms with Gasteiger partial charge in [-0.2, -0.15) is 0 Å². The van der Waals surface area contributed by atoms with Crippen LogP contribution in [-0.4, -0.2) is 23.5 Å². The molecule has 1 amide bonds. The Kier molecular flexibility index (Phi) is 8.90. The molecule has 1 saturated carbocycles. The number of halogens is 2. The van der Waals surface area contributed by atoms with Crippen LogP contribution in [0.2, 0.25) is 0 Å². The van der Waals surface area contributed by atoms with Gasteiger partial charge < -0.3 is 11.1 Å². The van der Waals surface area contributed by atoms with Gasteiger partial charge >= 0.3 is 0 Å². The van der Waals surface area contributed by atoms with Crippen molar-refractivity contribution in [3.05, 3.63) is 54.4 Å². The van der Waals surface area contributed by atoms with Crippen molar-refractivity contribution in [1.82, 2.24) is 10.3 Å². The molecule has 0 radical (unpaired) electrons. The minimum Gasteiger partial charge on any atom is -0.349 e. The highest BCUT2D eigenvalue weighted by Gasteiger charge is 2.25. The number of carbonyl (C=O) groups excluding carboxylic acids is 1. The fourth-order valence-corrected chi connectivity index (χ4v) is 3.28. The van der Waals surface area contributed by atoms with Crippen LogP contribution < -0.4 is 11.1 Å². The molecule has 1 fully saturated rings. The maximum Gasteiger partial charge on any atom is 0.253 e. The van der Waals surface area contributed by atoms with Gasteiger partial charge in [0.15, 0.2) is 0 Å². The molecule has 1 aliphatic carbocycles. The van der Waals surface area contributed by atoms with Gasteiger partial charge in [0.1, 0.15) is 0 Å². The first-order valence-corrected chi connectivity index (χ1v) is 8.29. The molecular formula is C19H25Cl2N3O. The van der Waals surface area contributed by atoms with Crippen molar-refractivity contribution >= 4 is 30.7 Å². The smallest absolute Gasteiger partial charge is 0.253 e. The number of carbonyl (C=O) groups is 1. The standard InChI is InChI=1S/C19H23N3O.2ClH/c20-11-15-8-4-5-9-18(15)22-19(23)17-10-16(12-21-13-17)14-6-2-1-3-7-14;;/h1-3,6-7,10,12-13,15,18H,4-5,8-9,11,20H2,(H,22,23);2*1H. The van der Waals surface area contributed by atoms with Gasteiger partial charge in [0.05, 0.1) is 5.56 Å². The van der Waals surface area contributed by atoms with Crippen LogP contribution in [0.3, 0.4) is 0 Å². The van der Waals surface area contributed by atoms with Crippen LogP contribution in [0, 0.1) is 5.92 Å². The van der Waals surface area contributed by atoms with Gasteiger partial charge in [-0.15, -0.1) is 24.8 Å². The zero-order valence-corrected chi connectivity index (χ0v) is 15.7. The second-order valence-electron chi connectivity index (χ2n) is 6.19. The maximum atomic E-state index is 12.6. The molecule has 6 heteroatoms. The molecule has 1 aliphatic rings. The third kappa shape index (κ3) is 5.43. The molecule has 1 aromatic heterocycles. The molecule has 136 valence electrons. The Balaban J connectivity index is 0.00000156. The largest absolute Gasteiger partial charge is 0.349 e. The molecule has 0 spiro atoms. The average Bonchev–Trinajstić information content (AvgIpc) is 2.63. The molecule has 2 unspecified atom stereocenters. The number of amides is 1. The summed E-state index contributed by atoms with van der Waals surface area (Å²) >= 11 is 0.